The summed E-state index contributed by atoms with van der Waals surface area (Å²) in [5.41, 5.74) is 6.41. The van der Waals surface area contributed by atoms with Gasteiger partial charge in [0.15, 0.2) is 0 Å². The molecule has 100 valence electrons. The molecule has 0 bridgehead atoms. The van der Waals surface area contributed by atoms with E-state index in [2.05, 4.69) is 11.9 Å². The SMILES string of the molecule is CN(CCC1(CN)CCC1)CC1CCOCC1. The molecule has 0 unspecified atom stereocenters. The van der Waals surface area contributed by atoms with Crippen LogP contribution in [0.4, 0.5) is 0 Å². The normalized spacial score (nSPS) is 24.9. The Morgan fingerprint density at radius 2 is 2.00 bits per heavy atom. The van der Waals surface area contributed by atoms with Crippen LogP contribution in [0.5, 0.6) is 0 Å². The maximum Gasteiger partial charge on any atom is 0.0469 e. The minimum atomic E-state index is 0.504. The third-order valence-electron chi connectivity index (χ3n) is 4.78. The van der Waals surface area contributed by atoms with E-state index in [1.165, 1.54) is 51.6 Å². The smallest absolute Gasteiger partial charge is 0.0469 e. The quantitative estimate of drug-likeness (QED) is 0.770. The molecule has 1 aliphatic heterocycles. The minimum Gasteiger partial charge on any atom is -0.381 e. The van der Waals surface area contributed by atoms with Gasteiger partial charge in [-0.2, -0.15) is 0 Å². The summed E-state index contributed by atoms with van der Waals surface area (Å²) < 4.78 is 5.40. The van der Waals surface area contributed by atoms with Gasteiger partial charge in [0.1, 0.15) is 0 Å². The number of ether oxygens (including phenoxy) is 1. The number of hydrogen-bond donors (Lipinski definition) is 1. The van der Waals surface area contributed by atoms with Crippen LogP contribution in [-0.4, -0.2) is 44.8 Å². The lowest BCUT2D eigenvalue weighted by molar-refractivity contribution is 0.0507. The predicted octanol–water partition coefficient (Wildman–Crippen LogP) is 1.86. The molecule has 2 N–H and O–H groups in total. The molecule has 0 aromatic carbocycles. The van der Waals surface area contributed by atoms with Crippen LogP contribution in [0.25, 0.3) is 0 Å². The Balaban J connectivity index is 1.64. The molecule has 1 saturated carbocycles. The zero-order valence-corrected chi connectivity index (χ0v) is 11.3. The van der Waals surface area contributed by atoms with Crippen LogP contribution >= 0.6 is 0 Å². The van der Waals surface area contributed by atoms with Crippen LogP contribution in [0.15, 0.2) is 0 Å². The van der Waals surface area contributed by atoms with Crippen LogP contribution in [0.3, 0.4) is 0 Å². The Kier molecular flexibility index (Phi) is 4.83. The molecule has 2 fully saturated rings. The van der Waals surface area contributed by atoms with Crippen LogP contribution in [0, 0.1) is 11.3 Å². The monoisotopic (exact) mass is 240 g/mol. The van der Waals surface area contributed by atoms with Gasteiger partial charge in [-0.1, -0.05) is 6.42 Å². The molecule has 0 atom stereocenters. The predicted molar refractivity (Wildman–Crippen MR) is 71.0 cm³/mol. The van der Waals surface area contributed by atoms with Crippen LogP contribution in [-0.2, 0) is 4.74 Å². The number of hydrogen-bond acceptors (Lipinski definition) is 3. The van der Waals surface area contributed by atoms with Crippen LogP contribution in [0.2, 0.25) is 0 Å². The highest BCUT2D eigenvalue weighted by molar-refractivity contribution is 4.89. The molecule has 2 aliphatic rings. The molecule has 1 heterocycles. The Morgan fingerprint density at radius 3 is 2.53 bits per heavy atom. The first-order valence-corrected chi connectivity index (χ1v) is 7.20. The first kappa shape index (κ1) is 13.3. The first-order chi connectivity index (χ1) is 8.24. The van der Waals surface area contributed by atoms with E-state index in [0.29, 0.717) is 5.41 Å². The van der Waals surface area contributed by atoms with E-state index in [0.717, 1.165) is 25.7 Å². The summed E-state index contributed by atoms with van der Waals surface area (Å²) in [5, 5.41) is 0. The van der Waals surface area contributed by atoms with Crippen molar-refractivity contribution in [3.05, 3.63) is 0 Å². The van der Waals surface area contributed by atoms with Crippen molar-refractivity contribution in [2.24, 2.45) is 17.1 Å². The lowest BCUT2D eigenvalue weighted by Crippen LogP contribution is -2.40. The highest BCUT2D eigenvalue weighted by Gasteiger charge is 2.35. The van der Waals surface area contributed by atoms with Gasteiger partial charge < -0.3 is 15.4 Å². The average molecular weight is 240 g/mol. The highest BCUT2D eigenvalue weighted by Crippen LogP contribution is 2.42. The second-order valence-electron chi connectivity index (χ2n) is 6.13. The van der Waals surface area contributed by atoms with Gasteiger partial charge in [-0.25, -0.2) is 0 Å². The zero-order valence-electron chi connectivity index (χ0n) is 11.3. The second-order valence-corrected chi connectivity index (χ2v) is 6.13. The van der Waals surface area contributed by atoms with E-state index >= 15 is 0 Å². The Hall–Kier alpha value is -0.120. The fourth-order valence-corrected chi connectivity index (χ4v) is 3.12. The van der Waals surface area contributed by atoms with Crippen molar-refractivity contribution in [2.45, 2.75) is 38.5 Å². The fraction of sp³-hybridized carbons (Fsp3) is 1.00. The summed E-state index contributed by atoms with van der Waals surface area (Å²) in [6.45, 7) is 5.27. The van der Waals surface area contributed by atoms with Gasteiger partial charge in [-0.15, -0.1) is 0 Å². The van der Waals surface area contributed by atoms with Crippen molar-refractivity contribution in [3.63, 3.8) is 0 Å². The number of nitrogens with zero attached hydrogens (tertiary/aromatic N) is 1. The number of nitrogens with two attached hydrogens (primary N) is 1. The van der Waals surface area contributed by atoms with Gasteiger partial charge >= 0.3 is 0 Å². The highest BCUT2D eigenvalue weighted by atomic mass is 16.5. The van der Waals surface area contributed by atoms with Crippen LogP contribution < -0.4 is 5.73 Å². The molecule has 0 radical (unpaired) electrons. The molecule has 0 aromatic heterocycles. The topological polar surface area (TPSA) is 38.5 Å². The molecule has 2 rings (SSSR count). The summed E-state index contributed by atoms with van der Waals surface area (Å²) in [6, 6.07) is 0. The summed E-state index contributed by atoms with van der Waals surface area (Å²) in [6.07, 6.45) is 7.88. The van der Waals surface area contributed by atoms with E-state index < -0.39 is 0 Å². The Labute approximate surface area is 106 Å². The van der Waals surface area contributed by atoms with E-state index in [1.54, 1.807) is 0 Å². The minimum absolute atomic E-state index is 0.504. The van der Waals surface area contributed by atoms with Crippen LogP contribution in [0.1, 0.15) is 38.5 Å². The standard InChI is InChI=1S/C14H28N2O/c1-16(11-13-3-9-17-10-4-13)8-7-14(12-15)5-2-6-14/h13H,2-12,15H2,1H3. The Morgan fingerprint density at radius 1 is 1.29 bits per heavy atom. The van der Waals surface area contributed by atoms with Gasteiger partial charge in [0.25, 0.3) is 0 Å². The molecule has 0 aromatic rings. The van der Waals surface area contributed by atoms with Gasteiger partial charge in [0, 0.05) is 19.8 Å². The molecular weight excluding hydrogens is 212 g/mol. The molecule has 3 heteroatoms. The second kappa shape index (κ2) is 6.17. The van der Waals surface area contributed by atoms with E-state index in [-0.39, 0.29) is 0 Å². The lowest BCUT2D eigenvalue weighted by Gasteiger charge is -2.42. The summed E-state index contributed by atoms with van der Waals surface area (Å²) in [5.74, 6) is 0.851. The van der Waals surface area contributed by atoms with Gasteiger partial charge in [-0.05, 0) is 63.6 Å². The summed E-state index contributed by atoms with van der Waals surface area (Å²) >= 11 is 0. The molecule has 0 spiro atoms. The maximum atomic E-state index is 5.90. The van der Waals surface area contributed by atoms with E-state index in [1.807, 2.05) is 0 Å². The van der Waals surface area contributed by atoms with Gasteiger partial charge in [0.05, 0.1) is 0 Å². The third kappa shape index (κ3) is 3.67. The third-order valence-corrected chi connectivity index (χ3v) is 4.78. The van der Waals surface area contributed by atoms with Gasteiger partial charge in [-0.3, -0.25) is 0 Å². The summed E-state index contributed by atoms with van der Waals surface area (Å²) in [7, 11) is 2.26. The fourth-order valence-electron chi connectivity index (χ4n) is 3.12. The molecule has 3 nitrogen and oxygen atoms in total. The summed E-state index contributed by atoms with van der Waals surface area (Å²) in [4.78, 5) is 2.51. The zero-order chi connectivity index (χ0) is 12.1. The largest absolute Gasteiger partial charge is 0.381 e. The first-order valence-electron chi connectivity index (χ1n) is 7.20. The van der Waals surface area contributed by atoms with Crippen molar-refractivity contribution in [3.8, 4) is 0 Å². The van der Waals surface area contributed by atoms with Crippen molar-refractivity contribution >= 4 is 0 Å². The molecule has 0 amide bonds. The Bertz CT molecular complexity index is 217. The van der Waals surface area contributed by atoms with Gasteiger partial charge in [0.2, 0.25) is 0 Å². The van der Waals surface area contributed by atoms with Crippen molar-refractivity contribution < 1.29 is 4.74 Å². The van der Waals surface area contributed by atoms with Crippen molar-refractivity contribution in [2.75, 3.05) is 39.9 Å². The van der Waals surface area contributed by atoms with E-state index in [4.69, 9.17) is 10.5 Å². The molecular formula is C14H28N2O. The lowest BCUT2D eigenvalue weighted by atomic mass is 9.66. The maximum absolute atomic E-state index is 5.90. The molecule has 1 saturated heterocycles. The van der Waals surface area contributed by atoms with Crippen molar-refractivity contribution in [1.29, 1.82) is 0 Å². The van der Waals surface area contributed by atoms with E-state index in [9.17, 15) is 0 Å². The van der Waals surface area contributed by atoms with Crippen molar-refractivity contribution in [1.82, 2.24) is 4.90 Å². The molecule has 17 heavy (non-hydrogen) atoms. The molecule has 1 aliphatic carbocycles. The number of rotatable bonds is 6. The average Bonchev–Trinajstić information content (AvgIpc) is 2.29.